The molecule has 1 aromatic rings. The lowest BCUT2D eigenvalue weighted by molar-refractivity contribution is 0.174. The van der Waals surface area contributed by atoms with E-state index in [1.165, 1.54) is 11.1 Å². The van der Waals surface area contributed by atoms with Crippen molar-refractivity contribution in [3.63, 3.8) is 0 Å². The zero-order valence-electron chi connectivity index (χ0n) is 10.4. The van der Waals surface area contributed by atoms with E-state index in [9.17, 15) is 0 Å². The molecule has 0 spiro atoms. The van der Waals surface area contributed by atoms with Crippen LogP contribution in [-0.2, 0) is 6.42 Å². The fourth-order valence-electron chi connectivity index (χ4n) is 1.95. The van der Waals surface area contributed by atoms with Crippen LogP contribution in [0.25, 0.3) is 0 Å². The van der Waals surface area contributed by atoms with E-state index in [-0.39, 0.29) is 0 Å². The Bertz CT molecular complexity index is 395. The summed E-state index contributed by atoms with van der Waals surface area (Å²) in [6.07, 6.45) is 1.03. The third-order valence-corrected chi connectivity index (χ3v) is 3.28. The maximum Gasteiger partial charge on any atom is 0.231 e. The Kier molecular flexibility index (Phi) is 4.18. The third kappa shape index (κ3) is 3.07. The van der Waals surface area contributed by atoms with Gasteiger partial charge >= 0.3 is 0 Å². The molecule has 0 saturated heterocycles. The first-order valence-electron chi connectivity index (χ1n) is 5.89. The Hall–Kier alpha value is -0.870. The predicted molar refractivity (Wildman–Crippen MR) is 72.4 cm³/mol. The van der Waals surface area contributed by atoms with Crippen molar-refractivity contribution in [2.45, 2.75) is 13.3 Å². The van der Waals surface area contributed by atoms with Gasteiger partial charge in [0.2, 0.25) is 6.79 Å². The lowest BCUT2D eigenvalue weighted by Gasteiger charge is -2.16. The largest absolute Gasteiger partial charge is 0.454 e. The summed E-state index contributed by atoms with van der Waals surface area (Å²) in [6, 6.07) is 4.17. The smallest absolute Gasteiger partial charge is 0.231 e. The highest BCUT2D eigenvalue weighted by Gasteiger charge is 2.15. The molecule has 1 aliphatic rings. The van der Waals surface area contributed by atoms with E-state index in [1.807, 2.05) is 0 Å². The summed E-state index contributed by atoms with van der Waals surface area (Å²) >= 11 is 4.24. The van der Waals surface area contributed by atoms with E-state index >= 15 is 0 Å². The first-order chi connectivity index (χ1) is 8.20. The first-order valence-corrected chi connectivity index (χ1v) is 6.52. The van der Waals surface area contributed by atoms with Gasteiger partial charge in [0.05, 0.1) is 0 Å². The molecule has 0 atom stereocenters. The zero-order chi connectivity index (χ0) is 12.3. The fourth-order valence-corrected chi connectivity index (χ4v) is 2.29. The molecule has 17 heavy (non-hydrogen) atoms. The summed E-state index contributed by atoms with van der Waals surface area (Å²) in [6.45, 7) is 4.53. The standard InChI is InChI=1S/C13H19NO2S/c1-10-7-12-13(16-9-15-12)8-11(10)3-4-14(2)5-6-17/h7-8,17H,3-6,9H2,1-2H3. The molecule has 0 aromatic heterocycles. The summed E-state index contributed by atoms with van der Waals surface area (Å²) in [7, 11) is 2.12. The van der Waals surface area contributed by atoms with Crippen LogP contribution in [0.5, 0.6) is 11.5 Å². The fraction of sp³-hybridized carbons (Fsp3) is 0.538. The quantitative estimate of drug-likeness (QED) is 0.813. The van der Waals surface area contributed by atoms with Gasteiger partial charge in [-0.05, 0) is 43.7 Å². The molecule has 0 N–H and O–H groups in total. The van der Waals surface area contributed by atoms with Crippen molar-refractivity contribution in [3.8, 4) is 11.5 Å². The molecule has 0 aliphatic carbocycles. The summed E-state index contributed by atoms with van der Waals surface area (Å²) in [4.78, 5) is 2.29. The molecule has 1 aromatic carbocycles. The summed E-state index contributed by atoms with van der Waals surface area (Å²) in [5.74, 6) is 2.65. The van der Waals surface area contributed by atoms with Gasteiger partial charge in [0, 0.05) is 18.8 Å². The number of benzene rings is 1. The van der Waals surface area contributed by atoms with Crippen LogP contribution in [0, 0.1) is 6.92 Å². The predicted octanol–water partition coefficient (Wildman–Crippen LogP) is 2.13. The number of nitrogens with zero attached hydrogens (tertiary/aromatic N) is 1. The molecule has 4 heteroatoms. The normalized spacial score (nSPS) is 13.4. The van der Waals surface area contributed by atoms with Gasteiger partial charge in [-0.3, -0.25) is 0 Å². The second kappa shape index (κ2) is 5.65. The Balaban J connectivity index is 2.01. The number of likely N-dealkylation sites (N-methyl/N-ethyl adjacent to an activating group) is 1. The topological polar surface area (TPSA) is 21.7 Å². The summed E-state index contributed by atoms with van der Waals surface area (Å²) in [5.41, 5.74) is 2.61. The van der Waals surface area contributed by atoms with Crippen molar-refractivity contribution < 1.29 is 9.47 Å². The molecule has 0 saturated carbocycles. The van der Waals surface area contributed by atoms with Crippen LogP contribution in [0.15, 0.2) is 12.1 Å². The van der Waals surface area contributed by atoms with Crippen LogP contribution in [0.1, 0.15) is 11.1 Å². The number of fused-ring (bicyclic) bond motifs is 1. The lowest BCUT2D eigenvalue weighted by Crippen LogP contribution is -2.23. The molecule has 0 fully saturated rings. The van der Waals surface area contributed by atoms with Gasteiger partial charge in [0.25, 0.3) is 0 Å². The van der Waals surface area contributed by atoms with Crippen LogP contribution in [0.3, 0.4) is 0 Å². The molecule has 0 bridgehead atoms. The average molecular weight is 253 g/mol. The second-order valence-corrected chi connectivity index (χ2v) is 4.86. The molecule has 94 valence electrons. The van der Waals surface area contributed by atoms with Gasteiger partial charge < -0.3 is 14.4 Å². The van der Waals surface area contributed by atoms with Crippen molar-refractivity contribution >= 4 is 12.6 Å². The minimum absolute atomic E-state index is 0.345. The molecular formula is C13H19NO2S. The number of thiol groups is 1. The lowest BCUT2D eigenvalue weighted by atomic mass is 10.0. The molecule has 0 radical (unpaired) electrons. The molecule has 2 rings (SSSR count). The Morgan fingerprint density at radius 1 is 1.24 bits per heavy atom. The average Bonchev–Trinajstić information content (AvgIpc) is 2.73. The van der Waals surface area contributed by atoms with Gasteiger partial charge in [-0.15, -0.1) is 0 Å². The monoisotopic (exact) mass is 253 g/mol. The van der Waals surface area contributed by atoms with Gasteiger partial charge in [-0.2, -0.15) is 12.6 Å². The second-order valence-electron chi connectivity index (χ2n) is 4.41. The number of rotatable bonds is 5. The van der Waals surface area contributed by atoms with E-state index in [4.69, 9.17) is 9.47 Å². The summed E-state index contributed by atoms with van der Waals surface area (Å²) < 4.78 is 10.8. The number of ether oxygens (including phenoxy) is 2. The number of aryl methyl sites for hydroxylation is 1. The summed E-state index contributed by atoms with van der Waals surface area (Å²) in [5, 5.41) is 0. The molecule has 3 nitrogen and oxygen atoms in total. The molecule has 1 heterocycles. The molecule has 0 amide bonds. The third-order valence-electron chi connectivity index (χ3n) is 3.08. The van der Waals surface area contributed by atoms with Crippen LogP contribution in [-0.4, -0.2) is 37.6 Å². The first kappa shape index (κ1) is 12.6. The van der Waals surface area contributed by atoms with Crippen LogP contribution < -0.4 is 9.47 Å². The Morgan fingerprint density at radius 3 is 2.65 bits per heavy atom. The van der Waals surface area contributed by atoms with Crippen molar-refractivity contribution in [2.75, 3.05) is 32.7 Å². The maximum absolute atomic E-state index is 5.40. The van der Waals surface area contributed by atoms with Crippen molar-refractivity contribution in [3.05, 3.63) is 23.3 Å². The Morgan fingerprint density at radius 2 is 1.94 bits per heavy atom. The van der Waals surface area contributed by atoms with Crippen molar-refractivity contribution in [1.29, 1.82) is 0 Å². The van der Waals surface area contributed by atoms with E-state index in [1.54, 1.807) is 0 Å². The molecule has 0 unspecified atom stereocenters. The molecule has 1 aliphatic heterocycles. The van der Waals surface area contributed by atoms with E-state index < -0.39 is 0 Å². The van der Waals surface area contributed by atoms with E-state index in [0.717, 1.165) is 36.8 Å². The highest BCUT2D eigenvalue weighted by molar-refractivity contribution is 7.80. The van der Waals surface area contributed by atoms with E-state index in [0.29, 0.717) is 6.79 Å². The number of hydrogen-bond acceptors (Lipinski definition) is 4. The van der Waals surface area contributed by atoms with Gasteiger partial charge in [0.1, 0.15) is 0 Å². The maximum atomic E-state index is 5.40. The Labute approximate surface area is 108 Å². The van der Waals surface area contributed by atoms with Gasteiger partial charge in [0.15, 0.2) is 11.5 Å². The van der Waals surface area contributed by atoms with Crippen LogP contribution in [0.2, 0.25) is 0 Å². The highest BCUT2D eigenvalue weighted by Crippen LogP contribution is 2.34. The number of hydrogen-bond donors (Lipinski definition) is 1. The zero-order valence-corrected chi connectivity index (χ0v) is 11.3. The van der Waals surface area contributed by atoms with Crippen LogP contribution in [0.4, 0.5) is 0 Å². The van der Waals surface area contributed by atoms with Crippen molar-refractivity contribution in [2.24, 2.45) is 0 Å². The van der Waals surface area contributed by atoms with Crippen molar-refractivity contribution in [1.82, 2.24) is 4.90 Å². The van der Waals surface area contributed by atoms with E-state index in [2.05, 4.69) is 43.6 Å². The van der Waals surface area contributed by atoms with Crippen LogP contribution >= 0.6 is 12.6 Å². The highest BCUT2D eigenvalue weighted by atomic mass is 32.1. The molecular weight excluding hydrogens is 234 g/mol. The minimum Gasteiger partial charge on any atom is -0.454 e. The SMILES string of the molecule is Cc1cc2c(cc1CCN(C)CCS)OCO2. The van der Waals surface area contributed by atoms with Gasteiger partial charge in [-0.25, -0.2) is 0 Å². The van der Waals surface area contributed by atoms with Gasteiger partial charge in [-0.1, -0.05) is 0 Å². The minimum atomic E-state index is 0.345.